The van der Waals surface area contributed by atoms with Crippen LogP contribution in [0.15, 0.2) is 96.3 Å². The number of benzene rings is 3. The summed E-state index contributed by atoms with van der Waals surface area (Å²) in [6, 6.07) is 21.7. The van der Waals surface area contributed by atoms with Crippen LogP contribution < -0.4 is 4.74 Å². The van der Waals surface area contributed by atoms with Crippen molar-refractivity contribution in [3.05, 3.63) is 119 Å². The first-order valence-electron chi connectivity index (χ1n) is 10.9. The fraction of sp³-hybridized carbons (Fsp3) is 0.172. The summed E-state index contributed by atoms with van der Waals surface area (Å²) < 4.78 is 11.1. The largest absolute Gasteiger partial charge is 0.501 e. The first-order chi connectivity index (χ1) is 15.9. The predicted octanol–water partition coefficient (Wildman–Crippen LogP) is 6.70. The molecule has 1 atom stereocenters. The fourth-order valence-corrected chi connectivity index (χ4v) is 3.84. The quantitative estimate of drug-likeness (QED) is 0.385. The normalized spacial score (nSPS) is 15.3. The van der Waals surface area contributed by atoms with Gasteiger partial charge in [0.05, 0.1) is 12.9 Å². The number of hydrogen-bond donors (Lipinski definition) is 0. The molecule has 4 heteroatoms. The molecule has 0 amide bonds. The van der Waals surface area contributed by atoms with Gasteiger partial charge in [0, 0.05) is 34.6 Å². The Labute approximate surface area is 194 Å². The Morgan fingerprint density at radius 1 is 0.818 bits per heavy atom. The molecule has 0 N–H and O–H groups in total. The molecule has 0 saturated heterocycles. The van der Waals surface area contributed by atoms with E-state index < -0.39 is 0 Å². The lowest BCUT2D eigenvalue weighted by molar-refractivity contribution is 0.102. The molecule has 0 heterocycles. The molecule has 4 nitrogen and oxygen atoms in total. The second-order valence-electron chi connectivity index (χ2n) is 8.17. The standard InChI is InChI=1S/C29H26O4/c1-19-7-11-24(12-8-19)33-25-13-9-21(10-14-25)28(30)22-5-4-6-23(18-22)29(31)27-16-15-26(32-3)17-20(27)2/h4-14,16-18,20H,15H2,1-3H3. The minimum atomic E-state index is -0.140. The van der Waals surface area contributed by atoms with E-state index in [1.54, 1.807) is 55.6 Å². The zero-order valence-electron chi connectivity index (χ0n) is 19.0. The molecule has 0 aliphatic heterocycles. The number of Topliss-reactive ketones (excluding diaryl/α,β-unsaturated/α-hetero) is 1. The van der Waals surface area contributed by atoms with Crippen molar-refractivity contribution in [3.63, 3.8) is 0 Å². The van der Waals surface area contributed by atoms with Crippen LogP contribution in [0.3, 0.4) is 0 Å². The maximum absolute atomic E-state index is 13.1. The second kappa shape index (κ2) is 9.70. The molecule has 1 aliphatic carbocycles. The maximum Gasteiger partial charge on any atom is 0.193 e. The molecular weight excluding hydrogens is 412 g/mol. The minimum absolute atomic E-state index is 0.0402. The minimum Gasteiger partial charge on any atom is -0.501 e. The van der Waals surface area contributed by atoms with E-state index in [1.807, 2.05) is 50.3 Å². The summed E-state index contributed by atoms with van der Waals surface area (Å²) in [7, 11) is 1.63. The Kier molecular flexibility index (Phi) is 6.55. The highest BCUT2D eigenvalue weighted by Gasteiger charge is 2.22. The number of methoxy groups -OCH3 is 1. The topological polar surface area (TPSA) is 52.6 Å². The van der Waals surface area contributed by atoms with Crippen molar-refractivity contribution in [3.8, 4) is 11.5 Å². The Morgan fingerprint density at radius 3 is 2.03 bits per heavy atom. The fourth-order valence-electron chi connectivity index (χ4n) is 3.84. The van der Waals surface area contributed by atoms with E-state index in [1.165, 1.54) is 0 Å². The van der Waals surface area contributed by atoms with E-state index in [4.69, 9.17) is 9.47 Å². The van der Waals surface area contributed by atoms with Crippen molar-refractivity contribution in [1.82, 2.24) is 0 Å². The molecule has 0 aromatic heterocycles. The molecule has 0 spiro atoms. The molecule has 4 rings (SSSR count). The van der Waals surface area contributed by atoms with Crippen molar-refractivity contribution in [2.24, 2.45) is 5.92 Å². The van der Waals surface area contributed by atoms with Crippen LogP contribution in [-0.4, -0.2) is 18.7 Å². The van der Waals surface area contributed by atoms with Gasteiger partial charge in [0.1, 0.15) is 11.5 Å². The van der Waals surface area contributed by atoms with Crippen molar-refractivity contribution in [1.29, 1.82) is 0 Å². The van der Waals surface area contributed by atoms with Crippen molar-refractivity contribution in [2.75, 3.05) is 7.11 Å². The molecular formula is C29H26O4. The summed E-state index contributed by atoms with van der Waals surface area (Å²) in [4.78, 5) is 26.1. The van der Waals surface area contributed by atoms with E-state index in [0.717, 1.165) is 22.6 Å². The zero-order chi connectivity index (χ0) is 23.4. The van der Waals surface area contributed by atoms with Gasteiger partial charge in [-0.2, -0.15) is 0 Å². The predicted molar refractivity (Wildman–Crippen MR) is 129 cm³/mol. The zero-order valence-corrected chi connectivity index (χ0v) is 19.0. The SMILES string of the molecule is COC1=CC(C)C(C(=O)c2cccc(C(=O)c3ccc(Oc4ccc(C)cc4)cc3)c2)=CC1. The van der Waals surface area contributed by atoms with E-state index >= 15 is 0 Å². The summed E-state index contributed by atoms with van der Waals surface area (Å²) in [6.07, 6.45) is 4.47. The Hall–Kier alpha value is -3.92. The number of allylic oxidation sites excluding steroid dienone is 3. The molecule has 0 fully saturated rings. The van der Waals surface area contributed by atoms with Crippen molar-refractivity contribution >= 4 is 11.6 Å². The first kappa shape index (κ1) is 22.3. The molecule has 3 aromatic carbocycles. The van der Waals surface area contributed by atoms with Gasteiger partial charge >= 0.3 is 0 Å². The van der Waals surface area contributed by atoms with Crippen LogP contribution in [0, 0.1) is 12.8 Å². The molecule has 1 aliphatic rings. The molecule has 0 radical (unpaired) electrons. The van der Waals surface area contributed by atoms with Crippen LogP contribution in [0.25, 0.3) is 0 Å². The van der Waals surface area contributed by atoms with Crippen molar-refractivity contribution in [2.45, 2.75) is 20.3 Å². The van der Waals surface area contributed by atoms with Gasteiger partial charge in [-0.3, -0.25) is 9.59 Å². The van der Waals surface area contributed by atoms with E-state index in [9.17, 15) is 9.59 Å². The Morgan fingerprint density at radius 2 is 1.42 bits per heavy atom. The molecule has 33 heavy (non-hydrogen) atoms. The van der Waals surface area contributed by atoms with Gasteiger partial charge in [-0.25, -0.2) is 0 Å². The maximum atomic E-state index is 13.1. The third kappa shape index (κ3) is 5.12. The monoisotopic (exact) mass is 438 g/mol. The summed E-state index contributed by atoms with van der Waals surface area (Å²) in [5, 5.41) is 0. The Bertz CT molecular complexity index is 1230. The average Bonchev–Trinajstić information content (AvgIpc) is 2.85. The van der Waals surface area contributed by atoms with Crippen LogP contribution in [0.4, 0.5) is 0 Å². The number of carbonyl (C=O) groups excluding carboxylic acids is 2. The third-order valence-electron chi connectivity index (χ3n) is 5.73. The lowest BCUT2D eigenvalue weighted by Crippen LogP contribution is -2.14. The number of carbonyl (C=O) groups is 2. The molecule has 3 aromatic rings. The van der Waals surface area contributed by atoms with Gasteiger partial charge in [-0.05, 0) is 55.5 Å². The van der Waals surface area contributed by atoms with Crippen LogP contribution >= 0.6 is 0 Å². The van der Waals surface area contributed by atoms with Crippen LogP contribution in [-0.2, 0) is 4.74 Å². The van der Waals surface area contributed by atoms with Gasteiger partial charge in [0.15, 0.2) is 11.6 Å². The highest BCUT2D eigenvalue weighted by Crippen LogP contribution is 2.27. The van der Waals surface area contributed by atoms with Gasteiger partial charge < -0.3 is 9.47 Å². The summed E-state index contributed by atoms with van der Waals surface area (Å²) in [6.45, 7) is 3.99. The summed E-state index contributed by atoms with van der Waals surface area (Å²) in [5.41, 5.74) is 3.40. The summed E-state index contributed by atoms with van der Waals surface area (Å²) >= 11 is 0. The third-order valence-corrected chi connectivity index (χ3v) is 5.73. The van der Waals surface area contributed by atoms with Gasteiger partial charge in [-0.1, -0.05) is 48.9 Å². The second-order valence-corrected chi connectivity index (χ2v) is 8.17. The number of hydrogen-bond acceptors (Lipinski definition) is 4. The van der Waals surface area contributed by atoms with E-state index in [2.05, 4.69) is 0 Å². The van der Waals surface area contributed by atoms with Crippen LogP contribution in [0.2, 0.25) is 0 Å². The molecule has 0 bridgehead atoms. The molecule has 166 valence electrons. The van der Waals surface area contributed by atoms with Gasteiger partial charge in [-0.15, -0.1) is 0 Å². The molecule has 1 unspecified atom stereocenters. The highest BCUT2D eigenvalue weighted by atomic mass is 16.5. The van der Waals surface area contributed by atoms with Crippen LogP contribution in [0.1, 0.15) is 45.2 Å². The molecule has 0 saturated carbocycles. The van der Waals surface area contributed by atoms with Crippen LogP contribution in [0.5, 0.6) is 11.5 Å². The van der Waals surface area contributed by atoms with Gasteiger partial charge in [0.25, 0.3) is 0 Å². The number of rotatable bonds is 7. The Balaban J connectivity index is 1.49. The van der Waals surface area contributed by atoms with E-state index in [0.29, 0.717) is 28.9 Å². The van der Waals surface area contributed by atoms with Crippen molar-refractivity contribution < 1.29 is 19.1 Å². The lowest BCUT2D eigenvalue weighted by atomic mass is 9.87. The first-order valence-corrected chi connectivity index (χ1v) is 10.9. The van der Waals surface area contributed by atoms with Gasteiger partial charge in [0.2, 0.25) is 0 Å². The smallest absolute Gasteiger partial charge is 0.193 e. The number of ether oxygens (including phenoxy) is 2. The summed E-state index contributed by atoms with van der Waals surface area (Å²) in [5.74, 6) is 2.01. The highest BCUT2D eigenvalue weighted by molar-refractivity contribution is 6.13. The average molecular weight is 439 g/mol. The van der Waals surface area contributed by atoms with E-state index in [-0.39, 0.29) is 17.5 Å². The number of ketones is 2. The lowest BCUT2D eigenvalue weighted by Gasteiger charge is -2.18. The number of aryl methyl sites for hydroxylation is 1.